The fraction of sp³-hybridized carbons (Fsp3) is 0.611. The van der Waals surface area contributed by atoms with Gasteiger partial charge < -0.3 is 15.6 Å². The average Bonchev–Trinajstić information content (AvgIpc) is 2.61. The van der Waals surface area contributed by atoms with Crippen LogP contribution in [0.4, 0.5) is 5.69 Å². The van der Waals surface area contributed by atoms with Gasteiger partial charge in [0.1, 0.15) is 11.9 Å². The second-order valence-electron chi connectivity index (χ2n) is 6.42. The highest BCUT2D eigenvalue weighted by Crippen LogP contribution is 2.27. The molecular weight excluding hydrogens is 306 g/mol. The molecule has 24 heavy (non-hydrogen) atoms. The third-order valence-corrected chi connectivity index (χ3v) is 4.50. The van der Waals surface area contributed by atoms with Crippen LogP contribution in [0.15, 0.2) is 24.3 Å². The van der Waals surface area contributed by atoms with Crippen molar-refractivity contribution in [3.63, 3.8) is 0 Å². The molecule has 0 saturated heterocycles. The van der Waals surface area contributed by atoms with Gasteiger partial charge in [0.25, 0.3) is 5.91 Å². The van der Waals surface area contributed by atoms with E-state index in [1.807, 2.05) is 19.1 Å². The van der Waals surface area contributed by atoms with Crippen molar-refractivity contribution in [2.75, 3.05) is 12.0 Å². The molecule has 1 saturated carbocycles. The fourth-order valence-corrected chi connectivity index (χ4v) is 3.14. The smallest absolute Gasteiger partial charge is 0.268 e. The largest absolute Gasteiger partial charge is 0.494 e. The molecule has 1 aromatic carbocycles. The maximum Gasteiger partial charge on any atom is 0.268 e. The summed E-state index contributed by atoms with van der Waals surface area (Å²) < 4.78 is 5.36. The van der Waals surface area contributed by atoms with Crippen LogP contribution in [0.5, 0.6) is 5.75 Å². The SMILES string of the molecule is CCOc1ccc(NNC(=O)C(O)C(N)CC2CCCCC2)cc1. The zero-order valence-electron chi connectivity index (χ0n) is 14.3. The van der Waals surface area contributed by atoms with Crippen molar-refractivity contribution in [2.45, 2.75) is 57.6 Å². The molecule has 1 fully saturated rings. The fourth-order valence-electron chi connectivity index (χ4n) is 3.14. The topological polar surface area (TPSA) is 96.6 Å². The maximum atomic E-state index is 12.0. The van der Waals surface area contributed by atoms with Crippen molar-refractivity contribution in [1.82, 2.24) is 5.43 Å². The van der Waals surface area contributed by atoms with E-state index in [9.17, 15) is 9.90 Å². The number of carbonyl (C=O) groups excluding carboxylic acids is 1. The first-order valence-electron chi connectivity index (χ1n) is 8.82. The van der Waals surface area contributed by atoms with Gasteiger partial charge in [0.2, 0.25) is 0 Å². The Morgan fingerprint density at radius 2 is 1.96 bits per heavy atom. The minimum atomic E-state index is -1.21. The van der Waals surface area contributed by atoms with Crippen molar-refractivity contribution in [3.8, 4) is 5.75 Å². The molecule has 1 aliphatic carbocycles. The zero-order valence-corrected chi connectivity index (χ0v) is 14.3. The predicted molar refractivity (Wildman–Crippen MR) is 94.6 cm³/mol. The van der Waals surface area contributed by atoms with E-state index in [1.165, 1.54) is 19.3 Å². The first-order chi connectivity index (χ1) is 11.6. The zero-order chi connectivity index (χ0) is 17.4. The molecule has 0 aliphatic heterocycles. The van der Waals surface area contributed by atoms with Crippen LogP contribution < -0.4 is 21.3 Å². The van der Waals surface area contributed by atoms with Crippen LogP contribution in [-0.2, 0) is 4.79 Å². The molecule has 0 bridgehead atoms. The highest BCUT2D eigenvalue weighted by atomic mass is 16.5. The summed E-state index contributed by atoms with van der Waals surface area (Å²) in [6, 6.07) is 6.67. The molecule has 1 aliphatic rings. The number of aliphatic hydroxyl groups is 1. The summed E-state index contributed by atoms with van der Waals surface area (Å²) >= 11 is 0. The highest BCUT2D eigenvalue weighted by molar-refractivity contribution is 5.82. The molecular formula is C18H29N3O3. The minimum Gasteiger partial charge on any atom is -0.494 e. The number of hydrazine groups is 1. The number of hydrogen-bond donors (Lipinski definition) is 4. The van der Waals surface area contributed by atoms with E-state index in [-0.39, 0.29) is 0 Å². The van der Waals surface area contributed by atoms with Crippen LogP contribution in [0.25, 0.3) is 0 Å². The van der Waals surface area contributed by atoms with Crippen LogP contribution in [0, 0.1) is 5.92 Å². The molecule has 5 N–H and O–H groups in total. The Balaban J connectivity index is 1.75. The monoisotopic (exact) mass is 335 g/mol. The number of nitrogens with two attached hydrogens (primary N) is 1. The first-order valence-corrected chi connectivity index (χ1v) is 8.82. The average molecular weight is 335 g/mol. The second kappa shape index (κ2) is 9.49. The third-order valence-electron chi connectivity index (χ3n) is 4.50. The highest BCUT2D eigenvalue weighted by Gasteiger charge is 2.26. The van der Waals surface area contributed by atoms with Gasteiger partial charge in [0.15, 0.2) is 0 Å². The molecule has 6 nitrogen and oxygen atoms in total. The normalized spacial score (nSPS) is 17.8. The Morgan fingerprint density at radius 1 is 1.29 bits per heavy atom. The lowest BCUT2D eigenvalue weighted by Crippen LogP contribution is -2.48. The summed E-state index contributed by atoms with van der Waals surface area (Å²) in [6.07, 6.45) is 5.50. The molecule has 2 rings (SSSR count). The number of rotatable bonds is 8. The van der Waals surface area contributed by atoms with Gasteiger partial charge in [-0.3, -0.25) is 15.6 Å². The maximum absolute atomic E-state index is 12.0. The number of anilines is 1. The number of ether oxygens (including phenoxy) is 1. The molecule has 0 heterocycles. The van der Waals surface area contributed by atoms with Gasteiger partial charge in [-0.05, 0) is 43.5 Å². The quantitative estimate of drug-likeness (QED) is 0.546. The van der Waals surface area contributed by atoms with Crippen LogP contribution in [0.3, 0.4) is 0 Å². The molecule has 2 atom stereocenters. The van der Waals surface area contributed by atoms with Gasteiger partial charge in [0.05, 0.1) is 12.3 Å². The number of amides is 1. The van der Waals surface area contributed by atoms with Crippen LogP contribution in [0.2, 0.25) is 0 Å². The van der Waals surface area contributed by atoms with E-state index >= 15 is 0 Å². The van der Waals surface area contributed by atoms with E-state index in [1.54, 1.807) is 12.1 Å². The Bertz CT molecular complexity index is 501. The van der Waals surface area contributed by atoms with Crippen LogP contribution in [-0.4, -0.2) is 29.8 Å². The number of carbonyl (C=O) groups is 1. The van der Waals surface area contributed by atoms with Crippen molar-refractivity contribution in [1.29, 1.82) is 0 Å². The predicted octanol–water partition coefficient (Wildman–Crippen LogP) is 2.19. The van der Waals surface area contributed by atoms with E-state index in [0.717, 1.165) is 18.6 Å². The summed E-state index contributed by atoms with van der Waals surface area (Å²) in [5, 5.41) is 10.1. The van der Waals surface area contributed by atoms with Gasteiger partial charge in [-0.25, -0.2) is 0 Å². The summed E-state index contributed by atoms with van der Waals surface area (Å²) in [5.74, 6) is 0.784. The van der Waals surface area contributed by atoms with Crippen molar-refractivity contribution in [3.05, 3.63) is 24.3 Å². The van der Waals surface area contributed by atoms with Crippen molar-refractivity contribution < 1.29 is 14.6 Å². The lowest BCUT2D eigenvalue weighted by Gasteiger charge is -2.26. The number of aliphatic hydroxyl groups excluding tert-OH is 1. The Morgan fingerprint density at radius 3 is 2.58 bits per heavy atom. The lowest BCUT2D eigenvalue weighted by molar-refractivity contribution is -0.130. The van der Waals surface area contributed by atoms with E-state index in [4.69, 9.17) is 10.5 Å². The van der Waals surface area contributed by atoms with Gasteiger partial charge in [-0.15, -0.1) is 0 Å². The summed E-state index contributed by atoms with van der Waals surface area (Å²) in [5.41, 5.74) is 12.0. The molecule has 0 radical (unpaired) electrons. The summed E-state index contributed by atoms with van der Waals surface area (Å²) in [7, 11) is 0. The Kier molecular flexibility index (Phi) is 7.34. The second-order valence-corrected chi connectivity index (χ2v) is 6.42. The lowest BCUT2D eigenvalue weighted by atomic mass is 9.84. The van der Waals surface area contributed by atoms with E-state index < -0.39 is 18.1 Å². The molecule has 0 spiro atoms. The molecule has 1 aromatic rings. The van der Waals surface area contributed by atoms with Crippen molar-refractivity contribution in [2.24, 2.45) is 11.7 Å². The minimum absolute atomic E-state index is 0.507. The third kappa shape index (κ3) is 5.69. The molecule has 6 heteroatoms. The first kappa shape index (κ1) is 18.5. The molecule has 1 amide bonds. The Hall–Kier alpha value is -1.79. The number of benzene rings is 1. The molecule has 0 aromatic heterocycles. The number of nitrogens with one attached hydrogen (secondary N) is 2. The van der Waals surface area contributed by atoms with E-state index in [2.05, 4.69) is 10.9 Å². The van der Waals surface area contributed by atoms with Gasteiger partial charge in [-0.2, -0.15) is 0 Å². The standard InChI is InChI=1S/C18H29N3O3/c1-2-24-15-10-8-14(9-11-15)20-21-18(23)17(22)16(19)12-13-6-4-3-5-7-13/h8-11,13,16-17,20,22H,2-7,12,19H2,1H3,(H,21,23). The van der Waals surface area contributed by atoms with Gasteiger partial charge in [0, 0.05) is 6.04 Å². The Labute approximate surface area is 143 Å². The summed E-state index contributed by atoms with van der Waals surface area (Å²) in [6.45, 7) is 2.53. The van der Waals surface area contributed by atoms with Crippen molar-refractivity contribution >= 4 is 11.6 Å². The van der Waals surface area contributed by atoms with Crippen LogP contribution >= 0.6 is 0 Å². The van der Waals surface area contributed by atoms with Crippen LogP contribution in [0.1, 0.15) is 45.4 Å². The molecule has 2 unspecified atom stereocenters. The van der Waals surface area contributed by atoms with Gasteiger partial charge in [-0.1, -0.05) is 32.1 Å². The number of hydrogen-bond acceptors (Lipinski definition) is 5. The molecule has 134 valence electrons. The summed E-state index contributed by atoms with van der Waals surface area (Å²) in [4.78, 5) is 12.0. The van der Waals surface area contributed by atoms with E-state index in [0.29, 0.717) is 24.6 Å². The van der Waals surface area contributed by atoms with Gasteiger partial charge >= 0.3 is 0 Å².